The van der Waals surface area contributed by atoms with Crippen molar-refractivity contribution in [2.24, 2.45) is 0 Å². The lowest BCUT2D eigenvalue weighted by molar-refractivity contribution is -0.136. The Balaban J connectivity index is 0.000000220. The molecule has 0 unspecified atom stereocenters. The number of hydrogen-bond acceptors (Lipinski definition) is 2. The standard InChI is InChI=1S/C8H6BrClO.C8H7BrO2/c2*9-7-3-1-2-6(4-7)5-8(10)11/h1-4H,5H2;1-4H,5H2,(H,10,11). The molecule has 0 bridgehead atoms. The highest BCUT2D eigenvalue weighted by Crippen LogP contribution is 2.13. The lowest BCUT2D eigenvalue weighted by Gasteiger charge is -1.95. The molecule has 2 aromatic rings. The topological polar surface area (TPSA) is 54.4 Å². The third-order valence-electron chi connectivity index (χ3n) is 2.48. The van der Waals surface area contributed by atoms with Gasteiger partial charge in [0.1, 0.15) is 0 Å². The molecule has 0 spiro atoms. The third-order valence-corrected chi connectivity index (χ3v) is 3.60. The zero-order valence-electron chi connectivity index (χ0n) is 11.4. The van der Waals surface area contributed by atoms with Crippen molar-refractivity contribution in [2.75, 3.05) is 0 Å². The molecule has 1 N–H and O–H groups in total. The van der Waals surface area contributed by atoms with E-state index in [4.69, 9.17) is 16.7 Å². The van der Waals surface area contributed by atoms with Crippen molar-refractivity contribution in [3.05, 3.63) is 68.6 Å². The van der Waals surface area contributed by atoms with Gasteiger partial charge in [0.15, 0.2) is 0 Å². The van der Waals surface area contributed by atoms with Crippen LogP contribution in [0.4, 0.5) is 0 Å². The van der Waals surface area contributed by atoms with E-state index in [0.717, 1.165) is 20.1 Å². The fourth-order valence-electron chi connectivity index (χ4n) is 1.63. The van der Waals surface area contributed by atoms with E-state index in [1.54, 1.807) is 12.1 Å². The summed E-state index contributed by atoms with van der Waals surface area (Å²) in [5.74, 6) is -0.803. The van der Waals surface area contributed by atoms with Crippen LogP contribution in [0.2, 0.25) is 0 Å². The molecule has 0 saturated carbocycles. The van der Waals surface area contributed by atoms with Crippen molar-refractivity contribution < 1.29 is 14.7 Å². The number of carboxylic acids is 1. The summed E-state index contributed by atoms with van der Waals surface area (Å²) in [6.07, 6.45) is 0.375. The normalized spacial score (nSPS) is 9.59. The highest BCUT2D eigenvalue weighted by atomic mass is 79.9. The first kappa shape index (κ1) is 18.9. The van der Waals surface area contributed by atoms with E-state index in [1.807, 2.05) is 36.4 Å². The average molecular weight is 449 g/mol. The van der Waals surface area contributed by atoms with Gasteiger partial charge in [-0.2, -0.15) is 0 Å². The molecule has 0 aliphatic carbocycles. The van der Waals surface area contributed by atoms with Crippen LogP contribution in [0.3, 0.4) is 0 Å². The summed E-state index contributed by atoms with van der Waals surface area (Å²) in [4.78, 5) is 20.7. The summed E-state index contributed by atoms with van der Waals surface area (Å²) in [7, 11) is 0. The minimum atomic E-state index is -0.803. The van der Waals surface area contributed by atoms with Crippen LogP contribution in [0, 0.1) is 0 Å². The molecule has 0 aromatic heterocycles. The van der Waals surface area contributed by atoms with Gasteiger partial charge in [-0.15, -0.1) is 0 Å². The van der Waals surface area contributed by atoms with Gasteiger partial charge >= 0.3 is 5.97 Å². The van der Waals surface area contributed by atoms with Gasteiger partial charge < -0.3 is 5.11 Å². The summed E-state index contributed by atoms with van der Waals surface area (Å²) in [5, 5.41) is 8.11. The average Bonchev–Trinajstić information content (AvgIpc) is 2.37. The van der Waals surface area contributed by atoms with Crippen LogP contribution >= 0.6 is 43.5 Å². The molecule has 0 fully saturated rings. The quantitative estimate of drug-likeness (QED) is 0.682. The van der Waals surface area contributed by atoms with Crippen LogP contribution in [0.25, 0.3) is 0 Å². The van der Waals surface area contributed by atoms with Gasteiger partial charge in [0, 0.05) is 15.4 Å². The number of halogens is 3. The van der Waals surface area contributed by atoms with Crippen LogP contribution in [0.5, 0.6) is 0 Å². The Labute approximate surface area is 150 Å². The van der Waals surface area contributed by atoms with Crippen molar-refractivity contribution >= 4 is 54.7 Å². The van der Waals surface area contributed by atoms with Crippen molar-refractivity contribution in [1.82, 2.24) is 0 Å². The molecular weight excluding hydrogens is 435 g/mol. The van der Waals surface area contributed by atoms with Crippen LogP contribution in [0.15, 0.2) is 57.5 Å². The van der Waals surface area contributed by atoms with Gasteiger partial charge in [-0.1, -0.05) is 56.1 Å². The van der Waals surface area contributed by atoms with Crippen LogP contribution in [-0.4, -0.2) is 16.3 Å². The van der Waals surface area contributed by atoms with E-state index >= 15 is 0 Å². The molecule has 0 amide bonds. The predicted molar refractivity (Wildman–Crippen MR) is 94.2 cm³/mol. The number of carboxylic acid groups (broad SMARTS) is 1. The Hall–Kier alpha value is -1.17. The molecule has 2 rings (SSSR count). The third kappa shape index (κ3) is 8.32. The molecule has 0 saturated heterocycles. The second kappa shape index (κ2) is 9.77. The Morgan fingerprint density at radius 1 is 0.909 bits per heavy atom. The van der Waals surface area contributed by atoms with E-state index < -0.39 is 5.97 Å². The molecule has 22 heavy (non-hydrogen) atoms. The van der Waals surface area contributed by atoms with Crippen molar-refractivity contribution in [2.45, 2.75) is 12.8 Å². The Kier molecular flexibility index (Phi) is 8.38. The van der Waals surface area contributed by atoms with Gasteiger partial charge in [0.25, 0.3) is 0 Å². The van der Waals surface area contributed by atoms with E-state index in [9.17, 15) is 9.59 Å². The van der Waals surface area contributed by atoms with E-state index in [-0.39, 0.29) is 11.7 Å². The monoisotopic (exact) mass is 446 g/mol. The van der Waals surface area contributed by atoms with Crippen LogP contribution in [-0.2, 0) is 22.4 Å². The maximum absolute atomic E-state index is 10.5. The first-order valence-electron chi connectivity index (χ1n) is 6.26. The van der Waals surface area contributed by atoms with Gasteiger partial charge in [-0.3, -0.25) is 9.59 Å². The van der Waals surface area contributed by atoms with E-state index in [1.165, 1.54) is 0 Å². The first-order chi connectivity index (χ1) is 10.4. The van der Waals surface area contributed by atoms with Gasteiger partial charge in [0.2, 0.25) is 5.24 Å². The molecule has 0 aliphatic heterocycles. The molecule has 2 aromatic carbocycles. The van der Waals surface area contributed by atoms with Gasteiger partial charge in [-0.25, -0.2) is 0 Å². The molecule has 0 heterocycles. The lowest BCUT2D eigenvalue weighted by Crippen LogP contribution is -1.99. The highest BCUT2D eigenvalue weighted by molar-refractivity contribution is 9.10. The maximum atomic E-state index is 10.5. The van der Waals surface area contributed by atoms with Crippen molar-refractivity contribution in [3.63, 3.8) is 0 Å². The van der Waals surface area contributed by atoms with E-state index in [0.29, 0.717) is 6.42 Å². The lowest BCUT2D eigenvalue weighted by atomic mass is 10.2. The number of aliphatic carboxylic acids is 1. The predicted octanol–water partition coefficient (Wildman–Crippen LogP) is 4.83. The number of carbonyl (C=O) groups is 2. The minimum absolute atomic E-state index is 0.0828. The van der Waals surface area contributed by atoms with E-state index in [2.05, 4.69) is 31.9 Å². The zero-order valence-corrected chi connectivity index (χ0v) is 15.4. The number of rotatable bonds is 4. The van der Waals surface area contributed by atoms with Crippen LogP contribution < -0.4 is 0 Å². The second-order valence-corrected chi connectivity index (χ2v) is 6.62. The summed E-state index contributed by atoms with van der Waals surface area (Å²) in [6, 6.07) is 14.8. The SMILES string of the molecule is O=C(Cl)Cc1cccc(Br)c1.O=C(O)Cc1cccc(Br)c1. The van der Waals surface area contributed by atoms with Crippen molar-refractivity contribution in [1.29, 1.82) is 0 Å². The summed E-state index contributed by atoms with van der Waals surface area (Å²) < 4.78 is 1.88. The fourth-order valence-corrected chi connectivity index (χ4v) is 2.68. The van der Waals surface area contributed by atoms with Crippen LogP contribution in [0.1, 0.15) is 11.1 Å². The molecule has 0 aliphatic rings. The molecule has 6 heteroatoms. The first-order valence-corrected chi connectivity index (χ1v) is 8.22. The highest BCUT2D eigenvalue weighted by Gasteiger charge is 1.99. The fraction of sp³-hybridized carbons (Fsp3) is 0.125. The number of hydrogen-bond donors (Lipinski definition) is 1. The molecular formula is C16H13Br2ClO3. The summed E-state index contributed by atoms with van der Waals surface area (Å²) in [6.45, 7) is 0. The van der Waals surface area contributed by atoms with Gasteiger partial charge in [0.05, 0.1) is 6.42 Å². The Morgan fingerprint density at radius 2 is 1.36 bits per heavy atom. The molecule has 0 atom stereocenters. The Morgan fingerprint density at radius 3 is 1.73 bits per heavy atom. The van der Waals surface area contributed by atoms with Crippen molar-refractivity contribution in [3.8, 4) is 0 Å². The Bertz CT molecular complexity index is 602. The number of carbonyl (C=O) groups excluding carboxylic acids is 1. The molecule has 0 radical (unpaired) electrons. The molecule has 116 valence electrons. The maximum Gasteiger partial charge on any atom is 0.307 e. The minimum Gasteiger partial charge on any atom is -0.481 e. The smallest absolute Gasteiger partial charge is 0.307 e. The largest absolute Gasteiger partial charge is 0.481 e. The summed E-state index contributed by atoms with van der Waals surface area (Å²) >= 11 is 11.8. The summed E-state index contributed by atoms with van der Waals surface area (Å²) in [5.41, 5.74) is 1.74. The second-order valence-electron chi connectivity index (χ2n) is 4.36. The zero-order chi connectivity index (χ0) is 16.5. The van der Waals surface area contributed by atoms with Gasteiger partial charge in [-0.05, 0) is 47.0 Å². The number of benzene rings is 2. The molecule has 3 nitrogen and oxygen atoms in total.